The van der Waals surface area contributed by atoms with E-state index in [1.54, 1.807) is 12.1 Å². The number of hydrogen-bond acceptors (Lipinski definition) is 4. The third kappa shape index (κ3) is 4.47. The van der Waals surface area contributed by atoms with E-state index in [1.165, 1.54) is 13.2 Å². The van der Waals surface area contributed by atoms with Crippen molar-refractivity contribution in [3.8, 4) is 11.5 Å². The van der Waals surface area contributed by atoms with E-state index in [0.717, 1.165) is 10.8 Å². The van der Waals surface area contributed by atoms with Crippen molar-refractivity contribution >= 4 is 33.9 Å². The normalized spacial score (nSPS) is 10.7. The molecule has 27 heavy (non-hydrogen) atoms. The van der Waals surface area contributed by atoms with E-state index in [4.69, 9.17) is 16.3 Å². The number of benzene rings is 3. The average molecular weight is 383 g/mol. The van der Waals surface area contributed by atoms with E-state index in [-0.39, 0.29) is 30.2 Å². The summed E-state index contributed by atoms with van der Waals surface area (Å²) in [5.74, 6) is -0.102. The van der Waals surface area contributed by atoms with Crippen LogP contribution < -0.4 is 4.74 Å². The van der Waals surface area contributed by atoms with Gasteiger partial charge >= 0.3 is 0 Å². The summed E-state index contributed by atoms with van der Waals surface area (Å²) in [7, 11) is 1.44. The van der Waals surface area contributed by atoms with Gasteiger partial charge < -0.3 is 9.84 Å². The average Bonchev–Trinajstić information content (AvgIpc) is 2.67. The van der Waals surface area contributed by atoms with Crippen LogP contribution in [0.1, 0.15) is 28.8 Å². The lowest BCUT2D eigenvalue weighted by atomic mass is 9.99. The molecule has 0 saturated carbocycles. The number of ether oxygens (including phenoxy) is 1. The Kier molecular flexibility index (Phi) is 5.77. The molecule has 3 rings (SSSR count). The van der Waals surface area contributed by atoms with Crippen molar-refractivity contribution in [2.24, 2.45) is 0 Å². The molecule has 0 atom stereocenters. The van der Waals surface area contributed by atoms with Crippen LogP contribution in [-0.4, -0.2) is 23.8 Å². The van der Waals surface area contributed by atoms with E-state index in [0.29, 0.717) is 28.3 Å². The largest absolute Gasteiger partial charge is 0.504 e. The van der Waals surface area contributed by atoms with Crippen LogP contribution in [0.25, 0.3) is 10.8 Å². The summed E-state index contributed by atoms with van der Waals surface area (Å²) in [6, 6.07) is 16.2. The van der Waals surface area contributed by atoms with Crippen molar-refractivity contribution in [1.29, 1.82) is 0 Å². The highest BCUT2D eigenvalue weighted by atomic mass is 35.5. The summed E-state index contributed by atoms with van der Waals surface area (Å²) in [6.07, 6.45) is 0.414. The first-order valence-corrected chi connectivity index (χ1v) is 8.95. The second-order valence-corrected chi connectivity index (χ2v) is 6.72. The van der Waals surface area contributed by atoms with E-state index >= 15 is 0 Å². The first-order valence-electron chi connectivity index (χ1n) is 8.57. The van der Waals surface area contributed by atoms with Gasteiger partial charge in [0, 0.05) is 23.1 Å². The highest BCUT2D eigenvalue weighted by Gasteiger charge is 2.14. The Morgan fingerprint density at radius 2 is 1.78 bits per heavy atom. The molecule has 0 aliphatic rings. The van der Waals surface area contributed by atoms with Crippen LogP contribution in [0.4, 0.5) is 0 Å². The summed E-state index contributed by atoms with van der Waals surface area (Å²) in [4.78, 5) is 24.7. The van der Waals surface area contributed by atoms with Crippen molar-refractivity contribution in [3.63, 3.8) is 0 Å². The molecule has 0 spiro atoms. The molecule has 1 N–H and O–H groups in total. The maximum Gasteiger partial charge on any atom is 0.170 e. The van der Waals surface area contributed by atoms with Crippen LogP contribution in [0.5, 0.6) is 11.5 Å². The Morgan fingerprint density at radius 1 is 1.04 bits per heavy atom. The fraction of sp³-hybridized carbons (Fsp3) is 0.182. The van der Waals surface area contributed by atoms with Crippen LogP contribution in [0, 0.1) is 0 Å². The smallest absolute Gasteiger partial charge is 0.170 e. The van der Waals surface area contributed by atoms with E-state index in [2.05, 4.69) is 0 Å². The standard InChI is InChI=1S/C22H19ClO4/c1-27-22-11-16(19(23)13-21(22)26)8-9-18(24)12-20(25)17-7-6-14-4-2-3-5-15(14)10-17/h2-7,10-11,13,26H,8-9,12H2,1H3. The van der Waals surface area contributed by atoms with Gasteiger partial charge in [-0.05, 0) is 34.9 Å². The zero-order valence-electron chi connectivity index (χ0n) is 14.9. The molecule has 0 radical (unpaired) electrons. The van der Waals surface area contributed by atoms with Gasteiger partial charge in [-0.1, -0.05) is 48.0 Å². The lowest BCUT2D eigenvalue weighted by Gasteiger charge is -2.09. The Hall–Kier alpha value is -2.85. The van der Waals surface area contributed by atoms with Gasteiger partial charge in [0.05, 0.1) is 13.5 Å². The third-order valence-corrected chi connectivity index (χ3v) is 4.80. The molecule has 0 saturated heterocycles. The summed E-state index contributed by atoms with van der Waals surface area (Å²) in [5, 5.41) is 12.1. The number of rotatable bonds is 7. The number of Topliss-reactive ketones (excluding diaryl/α,β-unsaturated/α-hetero) is 2. The van der Waals surface area contributed by atoms with E-state index in [9.17, 15) is 14.7 Å². The number of aryl methyl sites for hydroxylation is 1. The van der Waals surface area contributed by atoms with Crippen LogP contribution in [0.2, 0.25) is 5.02 Å². The minimum atomic E-state index is -0.194. The minimum Gasteiger partial charge on any atom is -0.504 e. The molecule has 4 nitrogen and oxygen atoms in total. The molecule has 138 valence electrons. The van der Waals surface area contributed by atoms with Gasteiger partial charge in [-0.15, -0.1) is 0 Å². The van der Waals surface area contributed by atoms with Gasteiger partial charge in [-0.2, -0.15) is 0 Å². The van der Waals surface area contributed by atoms with Gasteiger partial charge in [-0.3, -0.25) is 9.59 Å². The SMILES string of the molecule is COc1cc(CCC(=O)CC(=O)c2ccc3ccccc3c2)c(Cl)cc1O. The van der Waals surface area contributed by atoms with Crippen molar-refractivity contribution < 1.29 is 19.4 Å². The lowest BCUT2D eigenvalue weighted by Crippen LogP contribution is -2.09. The van der Waals surface area contributed by atoms with Crippen molar-refractivity contribution in [2.45, 2.75) is 19.3 Å². The van der Waals surface area contributed by atoms with Gasteiger partial charge in [0.1, 0.15) is 5.78 Å². The molecule has 5 heteroatoms. The number of phenols is 1. The third-order valence-electron chi connectivity index (χ3n) is 4.45. The monoisotopic (exact) mass is 382 g/mol. The Balaban J connectivity index is 1.64. The lowest BCUT2D eigenvalue weighted by molar-refractivity contribution is -0.118. The van der Waals surface area contributed by atoms with Crippen molar-refractivity contribution in [3.05, 3.63) is 70.7 Å². The van der Waals surface area contributed by atoms with Crippen LogP contribution in [0.15, 0.2) is 54.6 Å². The number of hydrogen-bond donors (Lipinski definition) is 1. The summed E-state index contributed by atoms with van der Waals surface area (Å²) < 4.78 is 5.06. The maximum absolute atomic E-state index is 12.4. The van der Waals surface area contributed by atoms with Crippen molar-refractivity contribution in [2.75, 3.05) is 7.11 Å². The quantitative estimate of drug-likeness (QED) is 0.462. The highest BCUT2D eigenvalue weighted by Crippen LogP contribution is 2.32. The van der Waals surface area contributed by atoms with Gasteiger partial charge in [0.25, 0.3) is 0 Å². The fourth-order valence-electron chi connectivity index (χ4n) is 2.95. The van der Waals surface area contributed by atoms with Crippen LogP contribution in [0.3, 0.4) is 0 Å². The molecule has 3 aromatic rings. The fourth-order valence-corrected chi connectivity index (χ4v) is 3.20. The molecule has 0 aromatic heterocycles. The zero-order chi connectivity index (χ0) is 19.4. The van der Waals surface area contributed by atoms with E-state index < -0.39 is 0 Å². The molecule has 0 aliphatic carbocycles. The number of fused-ring (bicyclic) bond motifs is 1. The van der Waals surface area contributed by atoms with Crippen molar-refractivity contribution in [1.82, 2.24) is 0 Å². The number of phenolic OH excluding ortho intramolecular Hbond substituents is 1. The topological polar surface area (TPSA) is 63.6 Å². The van der Waals surface area contributed by atoms with Crippen LogP contribution in [-0.2, 0) is 11.2 Å². The molecule has 3 aromatic carbocycles. The molecular formula is C22H19ClO4. The summed E-state index contributed by atoms with van der Waals surface area (Å²) >= 11 is 6.11. The van der Waals surface area contributed by atoms with Gasteiger partial charge in [0.2, 0.25) is 0 Å². The molecule has 0 heterocycles. The Bertz CT molecular complexity index is 1010. The number of ketones is 2. The molecule has 0 unspecified atom stereocenters. The minimum absolute atomic E-state index is 0.0518. The summed E-state index contributed by atoms with van der Waals surface area (Å²) in [6.45, 7) is 0. The maximum atomic E-state index is 12.4. The zero-order valence-corrected chi connectivity index (χ0v) is 15.6. The molecule has 0 amide bonds. The molecule has 0 aliphatic heterocycles. The number of methoxy groups -OCH3 is 1. The Morgan fingerprint density at radius 3 is 2.52 bits per heavy atom. The van der Waals surface area contributed by atoms with Gasteiger partial charge in [0.15, 0.2) is 17.3 Å². The second kappa shape index (κ2) is 8.23. The molecule has 0 fully saturated rings. The summed E-state index contributed by atoms with van der Waals surface area (Å²) in [5.41, 5.74) is 1.23. The number of halogens is 1. The highest BCUT2D eigenvalue weighted by molar-refractivity contribution is 6.31. The second-order valence-electron chi connectivity index (χ2n) is 6.32. The number of carbonyl (C=O) groups is 2. The number of carbonyl (C=O) groups excluding carboxylic acids is 2. The predicted molar refractivity (Wildman–Crippen MR) is 106 cm³/mol. The molecule has 0 bridgehead atoms. The van der Waals surface area contributed by atoms with Crippen LogP contribution >= 0.6 is 11.6 Å². The molecular weight excluding hydrogens is 364 g/mol. The first kappa shape index (κ1) is 18.9. The predicted octanol–water partition coefficient (Wildman–Crippen LogP) is 4.98. The van der Waals surface area contributed by atoms with E-state index in [1.807, 2.05) is 36.4 Å². The number of aromatic hydroxyl groups is 1. The van der Waals surface area contributed by atoms with Gasteiger partial charge in [-0.25, -0.2) is 0 Å². The Labute approximate surface area is 162 Å². The first-order chi connectivity index (χ1) is 13.0.